The van der Waals surface area contributed by atoms with Crippen LogP contribution in [0.2, 0.25) is 0 Å². The molecule has 0 fully saturated rings. The molecular weight excluding hydrogens is 146 g/mol. The van der Waals surface area contributed by atoms with Crippen LogP contribution in [0.25, 0.3) is 0 Å². The third-order valence-corrected chi connectivity index (χ3v) is 2.04. The summed E-state index contributed by atoms with van der Waals surface area (Å²) in [5.41, 5.74) is 3.06. The number of rotatable bonds is 1. The fraction of sp³-hybridized carbons (Fsp3) is 0.364. The highest BCUT2D eigenvalue weighted by Gasteiger charge is 2.06. The van der Waals surface area contributed by atoms with Gasteiger partial charge < -0.3 is 0 Å². The van der Waals surface area contributed by atoms with Gasteiger partial charge in [-0.05, 0) is 24.0 Å². The summed E-state index contributed by atoms with van der Waals surface area (Å²) < 4.78 is 0. The van der Waals surface area contributed by atoms with Gasteiger partial charge in [-0.15, -0.1) is 0 Å². The van der Waals surface area contributed by atoms with Crippen molar-refractivity contribution in [3.63, 3.8) is 0 Å². The number of hydrogen-bond donors (Lipinski definition) is 0. The highest BCUT2D eigenvalue weighted by molar-refractivity contribution is 5.44. The summed E-state index contributed by atoms with van der Waals surface area (Å²) in [5, 5.41) is 8.90. The van der Waals surface area contributed by atoms with Crippen molar-refractivity contribution in [3.8, 4) is 6.07 Å². The van der Waals surface area contributed by atoms with Gasteiger partial charge in [-0.25, -0.2) is 0 Å². The maximum absolute atomic E-state index is 8.90. The van der Waals surface area contributed by atoms with E-state index in [-0.39, 0.29) is 0 Å². The molecule has 0 heterocycles. The van der Waals surface area contributed by atoms with E-state index in [1.165, 1.54) is 0 Å². The lowest BCUT2D eigenvalue weighted by molar-refractivity contribution is 0.860. The van der Waals surface area contributed by atoms with Gasteiger partial charge in [0.15, 0.2) is 0 Å². The Kier molecular flexibility index (Phi) is 2.50. The van der Waals surface area contributed by atoms with E-state index in [1.54, 1.807) is 0 Å². The SMILES string of the molecule is Cc1cccc(C(C)C)c1C#N. The first-order chi connectivity index (χ1) is 5.66. The first kappa shape index (κ1) is 8.80. The molecule has 0 aliphatic carbocycles. The molecule has 0 bridgehead atoms. The van der Waals surface area contributed by atoms with E-state index in [0.29, 0.717) is 5.92 Å². The summed E-state index contributed by atoms with van der Waals surface area (Å²) >= 11 is 0. The largest absolute Gasteiger partial charge is 0.192 e. The van der Waals surface area contributed by atoms with Crippen molar-refractivity contribution >= 4 is 0 Å². The van der Waals surface area contributed by atoms with Crippen LogP contribution in [0.5, 0.6) is 0 Å². The second kappa shape index (κ2) is 3.40. The first-order valence-electron chi connectivity index (χ1n) is 4.16. The number of nitriles is 1. The molecule has 0 aliphatic heterocycles. The molecular formula is C11H13N. The van der Waals surface area contributed by atoms with Gasteiger partial charge >= 0.3 is 0 Å². The van der Waals surface area contributed by atoms with Gasteiger partial charge in [-0.1, -0.05) is 32.0 Å². The number of aryl methyl sites for hydroxylation is 1. The minimum absolute atomic E-state index is 0.430. The zero-order valence-electron chi connectivity index (χ0n) is 7.76. The quantitative estimate of drug-likeness (QED) is 0.618. The molecule has 0 spiro atoms. The standard InChI is InChI=1S/C11H13N/c1-8(2)10-6-4-5-9(3)11(10)7-12/h4-6,8H,1-3H3. The summed E-state index contributed by atoms with van der Waals surface area (Å²) in [4.78, 5) is 0. The average molecular weight is 159 g/mol. The van der Waals surface area contributed by atoms with Gasteiger partial charge in [0.1, 0.15) is 0 Å². The normalized spacial score (nSPS) is 9.92. The number of hydrogen-bond acceptors (Lipinski definition) is 1. The van der Waals surface area contributed by atoms with Crippen LogP contribution in [0.1, 0.15) is 36.5 Å². The van der Waals surface area contributed by atoms with Crippen molar-refractivity contribution in [1.29, 1.82) is 5.26 Å². The summed E-state index contributed by atoms with van der Waals surface area (Å²) in [7, 11) is 0. The van der Waals surface area contributed by atoms with E-state index in [2.05, 4.69) is 19.9 Å². The van der Waals surface area contributed by atoms with Gasteiger partial charge in [0.25, 0.3) is 0 Å². The summed E-state index contributed by atoms with van der Waals surface area (Å²) in [6.45, 7) is 6.19. The molecule has 12 heavy (non-hydrogen) atoms. The second-order valence-electron chi connectivity index (χ2n) is 3.31. The van der Waals surface area contributed by atoms with E-state index in [4.69, 9.17) is 5.26 Å². The van der Waals surface area contributed by atoms with E-state index < -0.39 is 0 Å². The van der Waals surface area contributed by atoms with Crippen molar-refractivity contribution in [2.24, 2.45) is 0 Å². The molecule has 0 amide bonds. The lowest BCUT2D eigenvalue weighted by atomic mass is 9.95. The molecule has 1 rings (SSSR count). The molecule has 0 N–H and O–H groups in total. The summed E-state index contributed by atoms with van der Waals surface area (Å²) in [5.74, 6) is 0.430. The highest BCUT2D eigenvalue weighted by Crippen LogP contribution is 2.20. The first-order valence-corrected chi connectivity index (χ1v) is 4.16. The molecule has 1 nitrogen and oxygen atoms in total. The maximum atomic E-state index is 8.90. The fourth-order valence-electron chi connectivity index (χ4n) is 1.32. The van der Waals surface area contributed by atoms with Crippen LogP contribution in [-0.4, -0.2) is 0 Å². The van der Waals surface area contributed by atoms with Crippen LogP contribution >= 0.6 is 0 Å². The maximum Gasteiger partial charge on any atom is 0.0997 e. The third kappa shape index (κ3) is 1.48. The topological polar surface area (TPSA) is 23.8 Å². The zero-order chi connectivity index (χ0) is 9.14. The van der Waals surface area contributed by atoms with Gasteiger partial charge in [0, 0.05) is 0 Å². The molecule has 0 radical (unpaired) electrons. The Hall–Kier alpha value is -1.29. The average Bonchev–Trinajstić information content (AvgIpc) is 2.03. The molecule has 0 aliphatic rings. The Morgan fingerprint density at radius 2 is 2.00 bits per heavy atom. The van der Waals surface area contributed by atoms with Crippen molar-refractivity contribution in [2.45, 2.75) is 26.7 Å². The van der Waals surface area contributed by atoms with Crippen LogP contribution in [-0.2, 0) is 0 Å². The second-order valence-corrected chi connectivity index (χ2v) is 3.31. The van der Waals surface area contributed by atoms with Crippen LogP contribution in [0, 0.1) is 18.3 Å². The van der Waals surface area contributed by atoms with E-state index in [0.717, 1.165) is 16.7 Å². The highest BCUT2D eigenvalue weighted by atomic mass is 14.3. The van der Waals surface area contributed by atoms with Crippen molar-refractivity contribution in [2.75, 3.05) is 0 Å². The molecule has 1 aromatic rings. The van der Waals surface area contributed by atoms with Crippen LogP contribution in [0.3, 0.4) is 0 Å². The van der Waals surface area contributed by atoms with Gasteiger partial charge in [0.05, 0.1) is 11.6 Å². The van der Waals surface area contributed by atoms with Crippen molar-refractivity contribution in [3.05, 3.63) is 34.9 Å². The molecule has 0 aromatic heterocycles. The Morgan fingerprint density at radius 3 is 2.42 bits per heavy atom. The summed E-state index contributed by atoms with van der Waals surface area (Å²) in [6.07, 6.45) is 0. The lowest BCUT2D eigenvalue weighted by Crippen LogP contribution is -1.94. The predicted molar refractivity (Wildman–Crippen MR) is 50.0 cm³/mol. The number of benzene rings is 1. The minimum Gasteiger partial charge on any atom is -0.192 e. The molecule has 0 saturated heterocycles. The third-order valence-electron chi connectivity index (χ3n) is 2.04. The minimum atomic E-state index is 0.430. The Bertz CT molecular complexity index is 318. The molecule has 1 heteroatoms. The lowest BCUT2D eigenvalue weighted by Gasteiger charge is -2.08. The summed E-state index contributed by atoms with van der Waals surface area (Å²) in [6, 6.07) is 8.25. The number of nitrogens with zero attached hydrogens (tertiary/aromatic N) is 1. The Balaban J connectivity index is 3.30. The van der Waals surface area contributed by atoms with E-state index in [9.17, 15) is 0 Å². The monoisotopic (exact) mass is 159 g/mol. The molecule has 0 unspecified atom stereocenters. The van der Waals surface area contributed by atoms with Crippen LogP contribution < -0.4 is 0 Å². The predicted octanol–water partition coefficient (Wildman–Crippen LogP) is 2.99. The fourth-order valence-corrected chi connectivity index (χ4v) is 1.32. The Labute approximate surface area is 73.6 Å². The van der Waals surface area contributed by atoms with Crippen molar-refractivity contribution in [1.82, 2.24) is 0 Å². The molecule has 0 saturated carbocycles. The van der Waals surface area contributed by atoms with Gasteiger partial charge in [-0.2, -0.15) is 5.26 Å². The van der Waals surface area contributed by atoms with Crippen molar-refractivity contribution < 1.29 is 0 Å². The van der Waals surface area contributed by atoms with E-state index in [1.807, 2.05) is 25.1 Å². The molecule has 1 aromatic carbocycles. The van der Waals surface area contributed by atoms with E-state index >= 15 is 0 Å². The van der Waals surface area contributed by atoms with Crippen LogP contribution in [0.15, 0.2) is 18.2 Å². The smallest absolute Gasteiger partial charge is 0.0997 e. The Morgan fingerprint density at radius 1 is 1.33 bits per heavy atom. The molecule has 0 atom stereocenters. The van der Waals surface area contributed by atoms with Gasteiger partial charge in [-0.3, -0.25) is 0 Å². The zero-order valence-corrected chi connectivity index (χ0v) is 7.76. The van der Waals surface area contributed by atoms with Crippen LogP contribution in [0.4, 0.5) is 0 Å². The molecule has 62 valence electrons. The van der Waals surface area contributed by atoms with Gasteiger partial charge in [0.2, 0.25) is 0 Å².